The number of aromatic nitrogens is 3. The molecule has 0 fully saturated rings. The molecule has 0 radical (unpaired) electrons. The fraction of sp³-hybridized carbons (Fsp3) is 0.208. The van der Waals surface area contributed by atoms with E-state index in [-0.39, 0.29) is 25.3 Å². The van der Waals surface area contributed by atoms with Crippen molar-refractivity contribution in [3.8, 4) is 0 Å². The summed E-state index contributed by atoms with van der Waals surface area (Å²) in [5.41, 5.74) is 5.70. The predicted molar refractivity (Wildman–Crippen MR) is 126 cm³/mol. The standard InChI is InChI=1S/C24H22N4O7/c1-26-22(31)20(21(25)28(23(26)32)13-15-7-3-2-4-8-15)17(29)14-34-19(30)11-12-27-16-9-5-6-10-18(16)35-24(27)33/h2-10H,11-14,25H2,1H3. The van der Waals surface area contributed by atoms with Crippen molar-refractivity contribution in [2.24, 2.45) is 7.05 Å². The van der Waals surface area contributed by atoms with Crippen LogP contribution in [0.5, 0.6) is 0 Å². The highest BCUT2D eigenvalue weighted by Crippen LogP contribution is 2.13. The van der Waals surface area contributed by atoms with Crippen molar-refractivity contribution in [3.05, 3.63) is 97.1 Å². The van der Waals surface area contributed by atoms with Crippen molar-refractivity contribution in [2.75, 3.05) is 12.3 Å². The Morgan fingerprint density at radius 2 is 1.66 bits per heavy atom. The first-order valence-corrected chi connectivity index (χ1v) is 10.7. The molecule has 2 aromatic heterocycles. The van der Waals surface area contributed by atoms with Crippen molar-refractivity contribution in [3.63, 3.8) is 0 Å². The summed E-state index contributed by atoms with van der Waals surface area (Å²) in [7, 11) is 1.24. The van der Waals surface area contributed by atoms with Gasteiger partial charge in [0.1, 0.15) is 11.4 Å². The largest absolute Gasteiger partial charge is 0.457 e. The van der Waals surface area contributed by atoms with E-state index in [2.05, 4.69) is 0 Å². The van der Waals surface area contributed by atoms with Crippen molar-refractivity contribution >= 4 is 28.7 Å². The van der Waals surface area contributed by atoms with Crippen LogP contribution >= 0.6 is 0 Å². The van der Waals surface area contributed by atoms with Crippen LogP contribution in [0.3, 0.4) is 0 Å². The van der Waals surface area contributed by atoms with Gasteiger partial charge < -0.3 is 14.9 Å². The molecular formula is C24H22N4O7. The van der Waals surface area contributed by atoms with E-state index in [1.807, 2.05) is 6.07 Å². The number of fused-ring (bicyclic) bond motifs is 1. The van der Waals surface area contributed by atoms with Gasteiger partial charge in [-0.1, -0.05) is 42.5 Å². The monoisotopic (exact) mass is 478 g/mol. The Bertz CT molecular complexity index is 1590. The highest BCUT2D eigenvalue weighted by Gasteiger charge is 2.23. The number of anilines is 1. The molecule has 0 aliphatic carbocycles. The van der Waals surface area contributed by atoms with E-state index in [0.717, 1.165) is 14.7 Å². The van der Waals surface area contributed by atoms with Crippen molar-refractivity contribution < 1.29 is 18.7 Å². The molecule has 0 amide bonds. The summed E-state index contributed by atoms with van der Waals surface area (Å²) in [5.74, 6) is -2.53. The minimum Gasteiger partial charge on any atom is -0.457 e. The average Bonchev–Trinajstić information content (AvgIpc) is 3.18. The molecule has 35 heavy (non-hydrogen) atoms. The Labute approximate surface area is 197 Å². The number of nitrogen functional groups attached to an aromatic ring is 1. The maximum Gasteiger partial charge on any atom is 0.419 e. The van der Waals surface area contributed by atoms with Gasteiger partial charge in [-0.05, 0) is 17.7 Å². The van der Waals surface area contributed by atoms with Crippen molar-refractivity contribution in [1.82, 2.24) is 13.7 Å². The molecule has 0 bridgehead atoms. The van der Waals surface area contributed by atoms with Gasteiger partial charge in [0.15, 0.2) is 12.2 Å². The number of hydrogen-bond acceptors (Lipinski definition) is 8. The van der Waals surface area contributed by atoms with E-state index in [1.165, 1.54) is 11.6 Å². The number of hydrogen-bond donors (Lipinski definition) is 1. The summed E-state index contributed by atoms with van der Waals surface area (Å²) in [6.45, 7) is -0.718. The first-order chi connectivity index (χ1) is 16.8. The van der Waals surface area contributed by atoms with Crippen molar-refractivity contribution in [2.45, 2.75) is 19.5 Å². The van der Waals surface area contributed by atoms with Crippen LogP contribution in [0.2, 0.25) is 0 Å². The highest BCUT2D eigenvalue weighted by atomic mass is 16.5. The molecule has 0 saturated carbocycles. The zero-order chi connectivity index (χ0) is 25.1. The number of carbonyl (C=O) groups is 2. The summed E-state index contributed by atoms with van der Waals surface area (Å²) in [5, 5.41) is 0. The van der Waals surface area contributed by atoms with Crippen molar-refractivity contribution in [1.29, 1.82) is 0 Å². The third-order valence-electron chi connectivity index (χ3n) is 5.52. The molecule has 0 unspecified atom stereocenters. The molecular weight excluding hydrogens is 456 g/mol. The summed E-state index contributed by atoms with van der Waals surface area (Å²) >= 11 is 0. The lowest BCUT2D eigenvalue weighted by atomic mass is 10.2. The van der Waals surface area contributed by atoms with Gasteiger partial charge in [-0.2, -0.15) is 0 Å². The van der Waals surface area contributed by atoms with E-state index >= 15 is 0 Å². The molecule has 2 N–H and O–H groups in total. The molecule has 180 valence electrons. The summed E-state index contributed by atoms with van der Waals surface area (Å²) in [4.78, 5) is 62.2. The summed E-state index contributed by atoms with van der Waals surface area (Å²) in [6, 6.07) is 15.7. The molecule has 11 heteroatoms. The Kier molecular flexibility index (Phi) is 6.49. The van der Waals surface area contributed by atoms with Crippen LogP contribution in [0.15, 0.2) is 73.4 Å². The Balaban J connectivity index is 1.48. The number of Topliss-reactive ketones (excluding diaryl/α,β-unsaturated/α-hetero) is 1. The number of para-hydroxylation sites is 2. The third kappa shape index (κ3) is 4.69. The maximum atomic E-state index is 12.8. The summed E-state index contributed by atoms with van der Waals surface area (Å²) in [6.07, 6.45) is -0.211. The minimum atomic E-state index is -0.880. The lowest BCUT2D eigenvalue weighted by molar-refractivity contribution is -0.142. The molecule has 2 aromatic carbocycles. The molecule has 4 rings (SSSR count). The number of rotatable bonds is 8. The second-order valence-corrected chi connectivity index (χ2v) is 7.80. The molecule has 2 heterocycles. The molecule has 0 aliphatic rings. The maximum absolute atomic E-state index is 12.8. The lowest BCUT2D eigenvalue weighted by Gasteiger charge is -2.14. The predicted octanol–water partition coefficient (Wildman–Crippen LogP) is 0.902. The average molecular weight is 478 g/mol. The fourth-order valence-corrected chi connectivity index (χ4v) is 3.68. The number of oxazole rings is 1. The van der Waals surface area contributed by atoms with Crippen LogP contribution in [0.1, 0.15) is 22.3 Å². The van der Waals surface area contributed by atoms with Gasteiger partial charge in [0.2, 0.25) is 5.78 Å². The van der Waals surface area contributed by atoms with E-state index in [0.29, 0.717) is 11.1 Å². The zero-order valence-electron chi connectivity index (χ0n) is 18.8. The molecule has 0 saturated heterocycles. The highest BCUT2D eigenvalue weighted by molar-refractivity contribution is 6.01. The molecule has 0 atom stereocenters. The number of esters is 1. The Morgan fingerprint density at radius 1 is 0.971 bits per heavy atom. The molecule has 11 nitrogen and oxygen atoms in total. The number of benzene rings is 2. The molecule has 0 aliphatic heterocycles. The van der Waals surface area contributed by atoms with E-state index in [9.17, 15) is 24.0 Å². The first kappa shape index (κ1) is 23.5. The number of ether oxygens (including phenoxy) is 1. The quantitative estimate of drug-likeness (QED) is 0.290. The summed E-state index contributed by atoms with van der Waals surface area (Å²) < 4.78 is 13.3. The smallest absolute Gasteiger partial charge is 0.419 e. The molecule has 0 spiro atoms. The van der Waals surface area contributed by atoms with Gasteiger partial charge in [0.05, 0.1) is 18.5 Å². The Hall–Kier alpha value is -4.67. The van der Waals surface area contributed by atoms with E-state index in [1.54, 1.807) is 48.5 Å². The second kappa shape index (κ2) is 9.67. The van der Waals surface area contributed by atoms with Gasteiger partial charge >= 0.3 is 17.4 Å². The van der Waals surface area contributed by atoms with Gasteiger partial charge in [-0.25, -0.2) is 9.59 Å². The SMILES string of the molecule is Cn1c(=O)c(C(=O)COC(=O)CCn2c(=O)oc3ccccc32)c(N)n(Cc2ccccc2)c1=O. The number of nitrogens with two attached hydrogens (primary N) is 1. The topological polar surface area (TPSA) is 149 Å². The zero-order valence-corrected chi connectivity index (χ0v) is 18.8. The van der Waals surface area contributed by atoms with Gasteiger partial charge in [0, 0.05) is 13.6 Å². The van der Waals surface area contributed by atoms with Gasteiger partial charge in [-0.15, -0.1) is 0 Å². The third-order valence-corrected chi connectivity index (χ3v) is 5.52. The minimum absolute atomic E-state index is 0.0191. The number of aryl methyl sites for hydroxylation is 1. The second-order valence-electron chi connectivity index (χ2n) is 7.80. The number of nitrogens with zero attached hydrogens (tertiary/aromatic N) is 3. The Morgan fingerprint density at radius 3 is 2.40 bits per heavy atom. The fourth-order valence-electron chi connectivity index (χ4n) is 3.68. The lowest BCUT2D eigenvalue weighted by Crippen LogP contribution is -2.43. The van der Waals surface area contributed by atoms with Crippen LogP contribution in [0.25, 0.3) is 11.1 Å². The number of ketones is 1. The van der Waals surface area contributed by atoms with Gasteiger partial charge in [0.25, 0.3) is 5.56 Å². The van der Waals surface area contributed by atoms with Crippen LogP contribution < -0.4 is 22.7 Å². The van der Waals surface area contributed by atoms with Gasteiger partial charge in [-0.3, -0.25) is 28.1 Å². The van der Waals surface area contributed by atoms with Crippen LogP contribution in [0.4, 0.5) is 5.82 Å². The van der Waals surface area contributed by atoms with E-state index in [4.69, 9.17) is 14.9 Å². The molecule has 4 aromatic rings. The van der Waals surface area contributed by atoms with Crippen LogP contribution in [0, 0.1) is 0 Å². The van der Waals surface area contributed by atoms with E-state index < -0.39 is 40.9 Å². The normalized spacial score (nSPS) is 11.0. The first-order valence-electron chi connectivity index (χ1n) is 10.7. The number of carbonyl (C=O) groups excluding carboxylic acids is 2. The van der Waals surface area contributed by atoms with Crippen LogP contribution in [-0.4, -0.2) is 32.1 Å². The van der Waals surface area contributed by atoms with Crippen LogP contribution in [-0.2, 0) is 29.7 Å².